The first-order valence-corrected chi connectivity index (χ1v) is 3.91. The van der Waals surface area contributed by atoms with Gasteiger partial charge in [-0.3, -0.25) is 0 Å². The Kier molecular flexibility index (Phi) is 2.97. The SMILES string of the molecule is [CH2]Oc1ccccc1OC(C)C. The molecule has 0 spiro atoms. The molecule has 0 saturated heterocycles. The van der Waals surface area contributed by atoms with Gasteiger partial charge in [0.2, 0.25) is 0 Å². The van der Waals surface area contributed by atoms with Gasteiger partial charge in [0.25, 0.3) is 0 Å². The molecule has 2 nitrogen and oxygen atoms in total. The molecule has 0 aliphatic carbocycles. The molecule has 1 rings (SSSR count). The van der Waals surface area contributed by atoms with Crippen LogP contribution in [0, 0.1) is 7.11 Å². The molecule has 0 N–H and O–H groups in total. The lowest BCUT2D eigenvalue weighted by Gasteiger charge is -2.12. The smallest absolute Gasteiger partial charge is 0.161 e. The van der Waals surface area contributed by atoms with E-state index in [4.69, 9.17) is 9.47 Å². The molecule has 1 aromatic carbocycles. The van der Waals surface area contributed by atoms with E-state index in [0.717, 1.165) is 5.75 Å². The van der Waals surface area contributed by atoms with Crippen LogP contribution in [0.5, 0.6) is 11.5 Å². The summed E-state index contributed by atoms with van der Waals surface area (Å²) >= 11 is 0. The first-order chi connectivity index (χ1) is 5.74. The fraction of sp³-hybridized carbons (Fsp3) is 0.300. The number of hydrogen-bond acceptors (Lipinski definition) is 2. The Bertz CT molecular complexity index is 243. The maximum Gasteiger partial charge on any atom is 0.161 e. The van der Waals surface area contributed by atoms with Gasteiger partial charge in [-0.1, -0.05) is 12.1 Å². The van der Waals surface area contributed by atoms with Crippen LogP contribution in [0.2, 0.25) is 0 Å². The normalized spacial score (nSPS) is 10.0. The molecule has 0 aliphatic heterocycles. The first kappa shape index (κ1) is 8.91. The molecule has 0 saturated carbocycles. The summed E-state index contributed by atoms with van der Waals surface area (Å²) in [4.78, 5) is 0. The molecule has 0 unspecified atom stereocenters. The molecule has 0 atom stereocenters. The predicted octanol–water partition coefficient (Wildman–Crippen LogP) is 2.64. The molecule has 65 valence electrons. The zero-order valence-electron chi connectivity index (χ0n) is 7.41. The lowest BCUT2D eigenvalue weighted by Crippen LogP contribution is -2.06. The Balaban J connectivity index is 2.82. The summed E-state index contributed by atoms with van der Waals surface area (Å²) in [5, 5.41) is 0. The van der Waals surface area contributed by atoms with Gasteiger partial charge < -0.3 is 9.47 Å². The highest BCUT2D eigenvalue weighted by atomic mass is 16.5. The lowest BCUT2D eigenvalue weighted by molar-refractivity contribution is 0.233. The summed E-state index contributed by atoms with van der Waals surface area (Å²) in [5.74, 6) is 1.41. The number of hydrogen-bond donors (Lipinski definition) is 0. The van der Waals surface area contributed by atoms with Crippen LogP contribution in [-0.2, 0) is 0 Å². The van der Waals surface area contributed by atoms with Crippen molar-refractivity contribution >= 4 is 0 Å². The van der Waals surface area contributed by atoms with Gasteiger partial charge in [-0.15, -0.1) is 0 Å². The number of benzene rings is 1. The monoisotopic (exact) mass is 165 g/mol. The average molecular weight is 165 g/mol. The lowest BCUT2D eigenvalue weighted by atomic mass is 10.3. The third-order valence-corrected chi connectivity index (χ3v) is 1.37. The minimum atomic E-state index is 0.154. The maximum absolute atomic E-state index is 5.47. The van der Waals surface area contributed by atoms with Crippen LogP contribution in [0.3, 0.4) is 0 Å². The van der Waals surface area contributed by atoms with Crippen molar-refractivity contribution in [2.24, 2.45) is 0 Å². The molecule has 0 fully saturated rings. The molecular weight excluding hydrogens is 152 g/mol. The Hall–Kier alpha value is -1.18. The van der Waals surface area contributed by atoms with Crippen LogP contribution < -0.4 is 9.47 Å². The van der Waals surface area contributed by atoms with E-state index in [1.54, 1.807) is 0 Å². The average Bonchev–Trinajstić information content (AvgIpc) is 2.04. The largest absolute Gasteiger partial charge is 0.487 e. The second-order valence-electron chi connectivity index (χ2n) is 2.76. The summed E-state index contributed by atoms with van der Waals surface area (Å²) in [5.41, 5.74) is 0. The molecule has 2 heteroatoms. The summed E-state index contributed by atoms with van der Waals surface area (Å²) in [6.07, 6.45) is 0.154. The van der Waals surface area contributed by atoms with E-state index >= 15 is 0 Å². The zero-order valence-corrected chi connectivity index (χ0v) is 7.41. The van der Waals surface area contributed by atoms with Crippen LogP contribution in [0.4, 0.5) is 0 Å². The molecule has 1 radical (unpaired) electrons. The molecule has 0 aromatic heterocycles. The Morgan fingerprint density at radius 2 is 1.75 bits per heavy atom. The Morgan fingerprint density at radius 1 is 1.17 bits per heavy atom. The fourth-order valence-corrected chi connectivity index (χ4v) is 0.921. The van der Waals surface area contributed by atoms with Crippen LogP contribution in [0.15, 0.2) is 24.3 Å². The summed E-state index contributed by atoms with van der Waals surface area (Å²) < 4.78 is 10.3. The molecule has 0 heterocycles. The van der Waals surface area contributed by atoms with Crippen LogP contribution in [0.1, 0.15) is 13.8 Å². The second kappa shape index (κ2) is 4.00. The minimum absolute atomic E-state index is 0.154. The summed E-state index contributed by atoms with van der Waals surface area (Å²) in [7, 11) is 3.34. The standard InChI is InChI=1S/C10H13O2/c1-8(2)12-10-7-5-4-6-9(10)11-3/h4-8H,3H2,1-2H3. The highest BCUT2D eigenvalue weighted by Gasteiger charge is 2.03. The van der Waals surface area contributed by atoms with Gasteiger partial charge in [-0.25, -0.2) is 0 Å². The van der Waals surface area contributed by atoms with Crippen molar-refractivity contribution in [2.45, 2.75) is 20.0 Å². The van der Waals surface area contributed by atoms with E-state index in [0.29, 0.717) is 5.75 Å². The molecule has 1 aromatic rings. The minimum Gasteiger partial charge on any atom is -0.487 e. The van der Waals surface area contributed by atoms with E-state index in [1.807, 2.05) is 38.1 Å². The van der Waals surface area contributed by atoms with Crippen molar-refractivity contribution in [2.75, 3.05) is 0 Å². The van der Waals surface area contributed by atoms with Crippen molar-refractivity contribution in [3.05, 3.63) is 31.4 Å². The molecular formula is C10H13O2. The first-order valence-electron chi connectivity index (χ1n) is 3.91. The van der Waals surface area contributed by atoms with E-state index < -0.39 is 0 Å². The summed E-state index contributed by atoms with van der Waals surface area (Å²) in [6, 6.07) is 7.47. The molecule has 0 bridgehead atoms. The van der Waals surface area contributed by atoms with Crippen molar-refractivity contribution < 1.29 is 9.47 Å². The van der Waals surface area contributed by atoms with Gasteiger partial charge >= 0.3 is 0 Å². The van der Waals surface area contributed by atoms with Gasteiger partial charge in [-0.05, 0) is 26.0 Å². The van der Waals surface area contributed by atoms with Gasteiger partial charge in [-0.2, -0.15) is 0 Å². The third-order valence-electron chi connectivity index (χ3n) is 1.37. The van der Waals surface area contributed by atoms with Gasteiger partial charge in [0.15, 0.2) is 11.5 Å². The predicted molar refractivity (Wildman–Crippen MR) is 48.2 cm³/mol. The van der Waals surface area contributed by atoms with Crippen molar-refractivity contribution in [1.29, 1.82) is 0 Å². The van der Waals surface area contributed by atoms with E-state index in [1.165, 1.54) is 0 Å². The van der Waals surface area contributed by atoms with Gasteiger partial charge in [0, 0.05) is 0 Å². The highest BCUT2D eigenvalue weighted by Crippen LogP contribution is 2.26. The van der Waals surface area contributed by atoms with Crippen molar-refractivity contribution in [3.63, 3.8) is 0 Å². The Morgan fingerprint density at radius 3 is 2.25 bits per heavy atom. The van der Waals surface area contributed by atoms with Crippen molar-refractivity contribution in [1.82, 2.24) is 0 Å². The van der Waals surface area contributed by atoms with E-state index in [2.05, 4.69) is 7.11 Å². The van der Waals surface area contributed by atoms with Crippen molar-refractivity contribution in [3.8, 4) is 11.5 Å². The fourth-order valence-electron chi connectivity index (χ4n) is 0.921. The van der Waals surface area contributed by atoms with Crippen LogP contribution in [-0.4, -0.2) is 6.10 Å². The zero-order chi connectivity index (χ0) is 8.97. The quantitative estimate of drug-likeness (QED) is 0.685. The Labute approximate surface area is 73.1 Å². The molecule has 0 amide bonds. The highest BCUT2D eigenvalue weighted by molar-refractivity contribution is 5.39. The third kappa shape index (κ3) is 2.16. The van der Waals surface area contributed by atoms with Gasteiger partial charge in [0.1, 0.15) is 7.11 Å². The van der Waals surface area contributed by atoms with E-state index in [9.17, 15) is 0 Å². The topological polar surface area (TPSA) is 18.5 Å². The molecule has 12 heavy (non-hydrogen) atoms. The second-order valence-corrected chi connectivity index (χ2v) is 2.76. The number of para-hydroxylation sites is 2. The maximum atomic E-state index is 5.47. The number of rotatable bonds is 3. The number of ether oxygens (including phenoxy) is 2. The van der Waals surface area contributed by atoms with Crippen LogP contribution in [0.25, 0.3) is 0 Å². The van der Waals surface area contributed by atoms with Gasteiger partial charge in [0.05, 0.1) is 6.10 Å². The van der Waals surface area contributed by atoms with E-state index in [-0.39, 0.29) is 6.10 Å². The molecule has 0 aliphatic rings. The summed E-state index contributed by atoms with van der Waals surface area (Å²) in [6.45, 7) is 3.94. The van der Waals surface area contributed by atoms with Crippen LogP contribution >= 0.6 is 0 Å².